The SMILES string of the molecule is CCOC(C(NN)c1cncc2ccccc12)C(C)(C)C. The predicted molar refractivity (Wildman–Crippen MR) is 86.7 cm³/mol. The molecule has 4 nitrogen and oxygen atoms in total. The summed E-state index contributed by atoms with van der Waals surface area (Å²) in [5, 5.41) is 2.27. The summed E-state index contributed by atoms with van der Waals surface area (Å²) in [7, 11) is 0. The topological polar surface area (TPSA) is 60.2 Å². The molecule has 1 heterocycles. The van der Waals surface area contributed by atoms with Crippen LogP contribution in [0.3, 0.4) is 0 Å². The number of hydrogen-bond donors (Lipinski definition) is 2. The third-order valence-electron chi connectivity index (χ3n) is 3.72. The Hall–Kier alpha value is -1.49. The predicted octanol–water partition coefficient (Wildman–Crippen LogP) is 3.19. The molecule has 0 aliphatic heterocycles. The highest BCUT2D eigenvalue weighted by Crippen LogP contribution is 2.34. The Labute approximate surface area is 126 Å². The van der Waals surface area contributed by atoms with Gasteiger partial charge in [0.1, 0.15) is 0 Å². The van der Waals surface area contributed by atoms with Gasteiger partial charge in [0.25, 0.3) is 0 Å². The average molecular weight is 287 g/mol. The maximum absolute atomic E-state index is 5.99. The van der Waals surface area contributed by atoms with Gasteiger partial charge in [0.15, 0.2) is 0 Å². The van der Waals surface area contributed by atoms with Gasteiger partial charge in [-0.15, -0.1) is 0 Å². The fraction of sp³-hybridized carbons (Fsp3) is 0.471. The van der Waals surface area contributed by atoms with Crippen LogP contribution in [-0.2, 0) is 4.74 Å². The number of nitrogens with zero attached hydrogens (tertiary/aromatic N) is 1. The van der Waals surface area contributed by atoms with E-state index in [2.05, 4.69) is 43.3 Å². The number of nitrogens with two attached hydrogens (primary N) is 1. The molecule has 0 spiro atoms. The van der Waals surface area contributed by atoms with Crippen molar-refractivity contribution in [1.82, 2.24) is 10.4 Å². The number of aromatic nitrogens is 1. The highest BCUT2D eigenvalue weighted by Gasteiger charge is 2.34. The van der Waals surface area contributed by atoms with Gasteiger partial charge < -0.3 is 4.74 Å². The minimum atomic E-state index is -0.108. The van der Waals surface area contributed by atoms with Gasteiger partial charge in [-0.2, -0.15) is 0 Å². The van der Waals surface area contributed by atoms with Crippen LogP contribution in [0.25, 0.3) is 10.8 Å². The average Bonchev–Trinajstić information content (AvgIpc) is 2.46. The maximum atomic E-state index is 5.99. The van der Waals surface area contributed by atoms with Gasteiger partial charge in [-0.1, -0.05) is 45.0 Å². The summed E-state index contributed by atoms with van der Waals surface area (Å²) in [6, 6.07) is 8.10. The molecule has 0 saturated carbocycles. The minimum Gasteiger partial charge on any atom is -0.376 e. The summed E-state index contributed by atoms with van der Waals surface area (Å²) in [6.07, 6.45) is 3.71. The van der Waals surface area contributed by atoms with Gasteiger partial charge in [-0.3, -0.25) is 16.3 Å². The van der Waals surface area contributed by atoms with Crippen LogP contribution in [0.15, 0.2) is 36.7 Å². The monoisotopic (exact) mass is 287 g/mol. The van der Waals surface area contributed by atoms with Crippen molar-refractivity contribution in [2.45, 2.75) is 39.8 Å². The van der Waals surface area contributed by atoms with Crippen molar-refractivity contribution in [3.8, 4) is 0 Å². The molecule has 114 valence electrons. The molecule has 0 radical (unpaired) electrons. The fourth-order valence-electron chi connectivity index (χ4n) is 2.75. The van der Waals surface area contributed by atoms with Gasteiger partial charge in [0, 0.05) is 24.4 Å². The second-order valence-electron chi connectivity index (χ2n) is 6.34. The van der Waals surface area contributed by atoms with Crippen LogP contribution in [0.2, 0.25) is 0 Å². The summed E-state index contributed by atoms with van der Waals surface area (Å²) >= 11 is 0. The quantitative estimate of drug-likeness (QED) is 0.655. The van der Waals surface area contributed by atoms with Crippen LogP contribution in [0, 0.1) is 5.41 Å². The van der Waals surface area contributed by atoms with E-state index in [-0.39, 0.29) is 17.6 Å². The second-order valence-corrected chi connectivity index (χ2v) is 6.34. The van der Waals surface area contributed by atoms with Crippen LogP contribution in [0.4, 0.5) is 0 Å². The number of ether oxygens (including phenoxy) is 1. The van der Waals surface area contributed by atoms with Crippen molar-refractivity contribution in [1.29, 1.82) is 0 Å². The van der Waals surface area contributed by atoms with Gasteiger partial charge in [-0.25, -0.2) is 0 Å². The van der Waals surface area contributed by atoms with Crippen LogP contribution < -0.4 is 11.3 Å². The van der Waals surface area contributed by atoms with E-state index in [4.69, 9.17) is 10.6 Å². The van der Waals surface area contributed by atoms with E-state index in [1.54, 1.807) is 0 Å². The highest BCUT2D eigenvalue weighted by atomic mass is 16.5. The molecule has 1 aromatic heterocycles. The number of hydrazine groups is 1. The molecule has 2 rings (SSSR count). The molecule has 0 bridgehead atoms. The lowest BCUT2D eigenvalue weighted by atomic mass is 9.81. The molecule has 1 aromatic carbocycles. The Balaban J connectivity index is 2.52. The zero-order valence-electron chi connectivity index (χ0n) is 13.3. The molecule has 0 amide bonds. The van der Waals surface area contributed by atoms with Crippen LogP contribution in [0.1, 0.15) is 39.3 Å². The molecule has 0 aliphatic carbocycles. The van der Waals surface area contributed by atoms with Gasteiger partial charge >= 0.3 is 0 Å². The number of hydrogen-bond acceptors (Lipinski definition) is 4. The first-order valence-corrected chi connectivity index (χ1v) is 7.39. The lowest BCUT2D eigenvalue weighted by Crippen LogP contribution is -2.44. The van der Waals surface area contributed by atoms with Crippen molar-refractivity contribution < 1.29 is 4.74 Å². The number of pyridine rings is 1. The molecule has 21 heavy (non-hydrogen) atoms. The molecule has 0 aliphatic rings. The summed E-state index contributed by atoms with van der Waals surface area (Å²) in [5.41, 5.74) is 3.97. The minimum absolute atomic E-state index is 0.0377. The van der Waals surface area contributed by atoms with Crippen molar-refractivity contribution in [2.75, 3.05) is 6.61 Å². The molecule has 2 atom stereocenters. The summed E-state index contributed by atoms with van der Waals surface area (Å²) < 4.78 is 5.99. The zero-order valence-corrected chi connectivity index (χ0v) is 13.3. The fourth-order valence-corrected chi connectivity index (χ4v) is 2.75. The Morgan fingerprint density at radius 2 is 1.95 bits per heavy atom. The molecule has 3 N–H and O–H groups in total. The van der Waals surface area contributed by atoms with E-state index < -0.39 is 0 Å². The Morgan fingerprint density at radius 3 is 2.57 bits per heavy atom. The number of nitrogens with one attached hydrogen (secondary N) is 1. The first kappa shape index (κ1) is 15.9. The smallest absolute Gasteiger partial charge is 0.0831 e. The maximum Gasteiger partial charge on any atom is 0.0831 e. The number of fused-ring (bicyclic) bond motifs is 1. The molecular formula is C17H25N3O. The third-order valence-corrected chi connectivity index (χ3v) is 3.72. The first-order valence-electron chi connectivity index (χ1n) is 7.39. The summed E-state index contributed by atoms with van der Waals surface area (Å²) in [5.74, 6) is 5.87. The lowest BCUT2D eigenvalue weighted by Gasteiger charge is -2.36. The Kier molecular flexibility index (Phi) is 4.93. The van der Waals surface area contributed by atoms with E-state index in [1.807, 2.05) is 31.5 Å². The van der Waals surface area contributed by atoms with E-state index >= 15 is 0 Å². The summed E-state index contributed by atoms with van der Waals surface area (Å²) in [4.78, 5) is 4.36. The molecule has 0 saturated heterocycles. The van der Waals surface area contributed by atoms with Crippen molar-refractivity contribution in [2.24, 2.45) is 11.3 Å². The van der Waals surface area contributed by atoms with E-state index in [9.17, 15) is 0 Å². The largest absolute Gasteiger partial charge is 0.376 e. The van der Waals surface area contributed by atoms with Gasteiger partial charge in [-0.05, 0) is 23.3 Å². The summed E-state index contributed by atoms with van der Waals surface area (Å²) in [6.45, 7) is 9.15. The van der Waals surface area contributed by atoms with Gasteiger partial charge in [0.2, 0.25) is 0 Å². The normalized spacial score (nSPS) is 15.1. The molecule has 2 aromatic rings. The lowest BCUT2D eigenvalue weighted by molar-refractivity contribution is -0.0364. The third kappa shape index (κ3) is 3.40. The standard InChI is InChI=1S/C17H25N3O/c1-5-21-16(17(2,3)4)15(20-18)14-11-19-10-12-8-6-7-9-13(12)14/h6-11,15-16,20H,5,18H2,1-4H3. The van der Waals surface area contributed by atoms with Crippen LogP contribution >= 0.6 is 0 Å². The van der Waals surface area contributed by atoms with Crippen LogP contribution in [0.5, 0.6) is 0 Å². The van der Waals surface area contributed by atoms with E-state index in [1.165, 1.54) is 0 Å². The van der Waals surface area contributed by atoms with Crippen molar-refractivity contribution in [3.05, 3.63) is 42.2 Å². The number of benzene rings is 1. The van der Waals surface area contributed by atoms with Gasteiger partial charge in [0.05, 0.1) is 12.1 Å². The van der Waals surface area contributed by atoms with Crippen LogP contribution in [-0.4, -0.2) is 17.7 Å². The molecule has 2 unspecified atom stereocenters. The first-order chi connectivity index (χ1) is 9.99. The molecule has 0 fully saturated rings. The van der Waals surface area contributed by atoms with Crippen molar-refractivity contribution >= 4 is 10.8 Å². The molecular weight excluding hydrogens is 262 g/mol. The number of rotatable bonds is 5. The molecule has 4 heteroatoms. The highest BCUT2D eigenvalue weighted by molar-refractivity contribution is 5.85. The Bertz CT molecular complexity index is 587. The second kappa shape index (κ2) is 6.52. The van der Waals surface area contributed by atoms with E-state index in [0.717, 1.165) is 16.3 Å². The Morgan fingerprint density at radius 1 is 1.24 bits per heavy atom. The van der Waals surface area contributed by atoms with Crippen molar-refractivity contribution in [3.63, 3.8) is 0 Å². The zero-order chi connectivity index (χ0) is 15.5. The van der Waals surface area contributed by atoms with E-state index in [0.29, 0.717) is 6.61 Å².